The van der Waals surface area contributed by atoms with Gasteiger partial charge < -0.3 is 18.9 Å². The maximum Gasteiger partial charge on any atom is 0.328 e. The zero-order valence-electron chi connectivity index (χ0n) is 19.3. The van der Waals surface area contributed by atoms with Crippen LogP contribution in [0, 0.1) is 10.8 Å². The Hall–Kier alpha value is -2.74. The maximum atomic E-state index is 12.4. The number of hydrogen-bond donors (Lipinski definition) is 2. The molecular formula is C20H28N2O10S2. The molecule has 0 fully saturated rings. The molecule has 0 saturated carbocycles. The Morgan fingerprint density at radius 1 is 0.559 bits per heavy atom. The molecule has 0 aromatic rings. The van der Waals surface area contributed by atoms with Gasteiger partial charge in [0.2, 0.25) is 0 Å². The van der Waals surface area contributed by atoms with E-state index in [1.807, 2.05) is 0 Å². The second-order valence-corrected chi connectivity index (χ2v) is 9.05. The minimum absolute atomic E-state index is 0.00826. The molecule has 0 saturated heterocycles. The minimum Gasteiger partial charge on any atom is -0.412 e. The van der Waals surface area contributed by atoms with E-state index in [2.05, 4.69) is 9.47 Å². The van der Waals surface area contributed by atoms with Gasteiger partial charge in [0, 0.05) is 38.5 Å². The van der Waals surface area contributed by atoms with Crippen molar-refractivity contribution >= 4 is 69.2 Å². The summed E-state index contributed by atoms with van der Waals surface area (Å²) in [6, 6.07) is 0. The molecule has 2 N–H and O–H groups in total. The van der Waals surface area contributed by atoms with Gasteiger partial charge in [-0.15, -0.1) is 0 Å². The summed E-state index contributed by atoms with van der Waals surface area (Å²) in [5, 5.41) is 13.0. The van der Waals surface area contributed by atoms with E-state index in [9.17, 15) is 28.8 Å². The molecule has 0 aliphatic rings. The van der Waals surface area contributed by atoms with Crippen LogP contribution in [0.4, 0.5) is 0 Å². The smallest absolute Gasteiger partial charge is 0.328 e. The van der Waals surface area contributed by atoms with Crippen LogP contribution in [0.3, 0.4) is 0 Å². The van der Waals surface area contributed by atoms with Gasteiger partial charge >= 0.3 is 35.8 Å². The average Bonchev–Trinajstić information content (AvgIpc) is 2.79. The summed E-state index contributed by atoms with van der Waals surface area (Å²) in [5.74, 6) is -6.25. The lowest BCUT2D eigenvalue weighted by Crippen LogP contribution is -2.29. The molecule has 0 spiro atoms. The van der Waals surface area contributed by atoms with Crippen LogP contribution >= 0.6 is 21.6 Å². The van der Waals surface area contributed by atoms with Gasteiger partial charge in [-0.3, -0.25) is 39.6 Å². The van der Waals surface area contributed by atoms with Crippen molar-refractivity contribution in [1.29, 1.82) is 10.8 Å². The molecule has 0 aromatic heterocycles. The highest BCUT2D eigenvalue weighted by molar-refractivity contribution is 8.77. The first-order chi connectivity index (χ1) is 16.0. The van der Waals surface area contributed by atoms with Crippen molar-refractivity contribution in [2.24, 2.45) is 0 Å². The lowest BCUT2D eigenvalue weighted by Gasteiger charge is -2.18. The quantitative estimate of drug-likeness (QED) is 0.0904. The van der Waals surface area contributed by atoms with Gasteiger partial charge in [-0.2, -0.15) is 0 Å². The lowest BCUT2D eigenvalue weighted by molar-refractivity contribution is -0.160. The number of carbonyl (C=O) groups excluding carboxylic acids is 6. The number of hydrogen-bond acceptors (Lipinski definition) is 14. The summed E-state index contributed by atoms with van der Waals surface area (Å²) in [4.78, 5) is 70.7. The highest BCUT2D eigenvalue weighted by Crippen LogP contribution is 2.36. The molecule has 0 aromatic carbocycles. The summed E-state index contributed by atoms with van der Waals surface area (Å²) in [5.41, 5.74) is 0. The lowest BCUT2D eigenvalue weighted by atomic mass is 10.3. The minimum atomic E-state index is -1.26. The molecular weight excluding hydrogens is 492 g/mol. The van der Waals surface area contributed by atoms with Crippen LogP contribution < -0.4 is 0 Å². The van der Waals surface area contributed by atoms with Gasteiger partial charge in [0.05, 0.1) is 0 Å². The monoisotopic (exact) mass is 520 g/mol. The van der Waals surface area contributed by atoms with E-state index in [0.29, 0.717) is 21.6 Å². The van der Waals surface area contributed by atoms with Crippen molar-refractivity contribution in [2.45, 2.75) is 76.7 Å². The Balaban J connectivity index is 5.55. The molecule has 2 atom stereocenters. The first kappa shape index (κ1) is 31.3. The van der Waals surface area contributed by atoms with Gasteiger partial charge in [0.25, 0.3) is 0 Å². The molecule has 0 rings (SSSR count). The third kappa shape index (κ3) is 13.1. The Morgan fingerprint density at radius 2 is 0.824 bits per heavy atom. The Bertz CT molecular complexity index is 749. The Kier molecular flexibility index (Phi) is 15.5. The molecule has 0 amide bonds. The summed E-state index contributed by atoms with van der Waals surface area (Å²) in [7, 11) is 1.38. The fourth-order valence-electron chi connectivity index (χ4n) is 1.79. The van der Waals surface area contributed by atoms with E-state index < -0.39 is 71.0 Å². The highest BCUT2D eigenvalue weighted by atomic mass is 33.1. The third-order valence-corrected chi connectivity index (χ3v) is 6.63. The molecule has 0 heterocycles. The second-order valence-electron chi connectivity index (χ2n) is 6.37. The predicted octanol–water partition coefficient (Wildman–Crippen LogP) is 2.71. The molecule has 34 heavy (non-hydrogen) atoms. The number of carbonyl (C=O) groups is 6. The average molecular weight is 521 g/mol. The van der Waals surface area contributed by atoms with E-state index in [-0.39, 0.29) is 25.7 Å². The van der Waals surface area contributed by atoms with Crippen molar-refractivity contribution in [2.75, 3.05) is 0 Å². The summed E-state index contributed by atoms with van der Waals surface area (Å²) in [6.45, 7) is 5.97. The van der Waals surface area contributed by atoms with Crippen molar-refractivity contribution in [3.63, 3.8) is 0 Å². The van der Waals surface area contributed by atoms with Crippen LogP contribution in [0.2, 0.25) is 0 Å². The SMILES string of the molecule is CCC(=O)OC(=N)CC(SSC(CC(=N)OC(=O)CC)C(=O)OC(=O)CC)C(=O)OC(=O)CC. The topological polar surface area (TPSA) is 187 Å². The maximum absolute atomic E-state index is 12.4. The van der Waals surface area contributed by atoms with Crippen LogP contribution in [-0.4, -0.2) is 58.1 Å². The Labute approximate surface area is 204 Å². The van der Waals surface area contributed by atoms with Crippen LogP contribution in [-0.2, 0) is 47.7 Å². The van der Waals surface area contributed by atoms with Crippen LogP contribution in [0.1, 0.15) is 66.2 Å². The van der Waals surface area contributed by atoms with E-state index >= 15 is 0 Å². The van der Waals surface area contributed by atoms with Crippen molar-refractivity contribution in [3.8, 4) is 0 Å². The molecule has 0 bridgehead atoms. The van der Waals surface area contributed by atoms with Gasteiger partial charge in [-0.05, 0) is 0 Å². The normalized spacial score (nSPS) is 12.0. The standard InChI is InChI=1S/C20H28N2O10S2/c1-5-15(23)29-13(21)9-11(19(27)31-17(25)7-3)33-34-12(20(28)32-18(26)8-4)10-14(22)30-16(24)6-2/h11-12,21-22H,5-10H2,1-4H3. The largest absolute Gasteiger partial charge is 0.412 e. The molecule has 0 aliphatic carbocycles. The first-order valence-corrected chi connectivity index (χ1v) is 12.6. The number of rotatable bonds is 13. The van der Waals surface area contributed by atoms with E-state index in [1.165, 1.54) is 27.7 Å². The second kappa shape index (κ2) is 16.8. The van der Waals surface area contributed by atoms with E-state index in [4.69, 9.17) is 20.3 Å². The Morgan fingerprint density at radius 3 is 1.09 bits per heavy atom. The summed E-state index contributed by atoms with van der Waals surface area (Å²) >= 11 is 0. The molecule has 14 heteroatoms. The molecule has 190 valence electrons. The zero-order chi connectivity index (χ0) is 26.3. The molecule has 0 aliphatic heterocycles. The molecule has 0 radical (unpaired) electrons. The molecule has 2 unspecified atom stereocenters. The van der Waals surface area contributed by atoms with Gasteiger partial charge in [-0.25, -0.2) is 0 Å². The van der Waals surface area contributed by atoms with Gasteiger partial charge in [0.1, 0.15) is 10.5 Å². The number of ether oxygens (including phenoxy) is 4. The first-order valence-electron chi connectivity index (χ1n) is 10.3. The van der Waals surface area contributed by atoms with E-state index in [0.717, 1.165) is 0 Å². The molecule has 12 nitrogen and oxygen atoms in total. The van der Waals surface area contributed by atoms with Crippen molar-refractivity contribution < 1.29 is 47.7 Å². The third-order valence-electron chi connectivity index (χ3n) is 3.61. The van der Waals surface area contributed by atoms with Crippen LogP contribution in [0.15, 0.2) is 0 Å². The van der Waals surface area contributed by atoms with Crippen LogP contribution in [0.5, 0.6) is 0 Å². The summed E-state index contributed by atoms with van der Waals surface area (Å²) < 4.78 is 18.9. The van der Waals surface area contributed by atoms with Crippen LogP contribution in [0.25, 0.3) is 0 Å². The fourth-order valence-corrected chi connectivity index (χ4v) is 4.43. The summed E-state index contributed by atoms with van der Waals surface area (Å²) in [6.07, 6.45) is -1.09. The number of nitrogens with one attached hydrogen (secondary N) is 2. The van der Waals surface area contributed by atoms with Crippen molar-refractivity contribution in [1.82, 2.24) is 0 Å². The van der Waals surface area contributed by atoms with E-state index in [1.54, 1.807) is 0 Å². The van der Waals surface area contributed by atoms with Gasteiger partial charge in [0.15, 0.2) is 11.8 Å². The van der Waals surface area contributed by atoms with Crippen molar-refractivity contribution in [3.05, 3.63) is 0 Å². The highest BCUT2D eigenvalue weighted by Gasteiger charge is 2.32. The predicted molar refractivity (Wildman–Crippen MR) is 123 cm³/mol. The van der Waals surface area contributed by atoms with Gasteiger partial charge in [-0.1, -0.05) is 49.3 Å². The fraction of sp³-hybridized carbons (Fsp3) is 0.600. The zero-order valence-corrected chi connectivity index (χ0v) is 20.9. The number of esters is 6.